The van der Waals surface area contributed by atoms with Crippen LogP contribution in [0.25, 0.3) is 16.9 Å². The van der Waals surface area contributed by atoms with Crippen molar-refractivity contribution in [3.63, 3.8) is 0 Å². The Balaban J connectivity index is 1.39. The van der Waals surface area contributed by atoms with Gasteiger partial charge >= 0.3 is 0 Å². The maximum atomic E-state index is 11.6. The van der Waals surface area contributed by atoms with Gasteiger partial charge in [0.25, 0.3) is 5.56 Å². The van der Waals surface area contributed by atoms with Gasteiger partial charge in [-0.15, -0.1) is 10.2 Å². The average Bonchev–Trinajstić information content (AvgIpc) is 3.20. The van der Waals surface area contributed by atoms with Crippen molar-refractivity contribution in [2.45, 2.75) is 18.8 Å². The van der Waals surface area contributed by atoms with Gasteiger partial charge in [0.15, 0.2) is 11.5 Å². The summed E-state index contributed by atoms with van der Waals surface area (Å²) in [6.07, 6.45) is 5.39. The van der Waals surface area contributed by atoms with Gasteiger partial charge in [-0.3, -0.25) is 9.78 Å². The Kier molecular flexibility index (Phi) is 4.27. The van der Waals surface area contributed by atoms with Crippen LogP contribution in [-0.2, 0) is 7.05 Å². The standard InChI is InChI=1S/C20H20N8O/c1-26-19(29)7-6-18(25-26)27-11-8-14(9-12-27)20-23-22-17-5-4-16(24-28(17)20)15-3-2-10-21-13-15/h2-7,10,13-14H,8-9,11-12H2,1H3. The molecule has 4 aromatic rings. The molecule has 0 spiro atoms. The highest BCUT2D eigenvalue weighted by Gasteiger charge is 2.26. The van der Waals surface area contributed by atoms with E-state index in [1.807, 2.05) is 28.8 Å². The van der Waals surface area contributed by atoms with Crippen LogP contribution in [-0.4, -0.2) is 47.7 Å². The molecule has 9 heteroatoms. The number of nitrogens with zero attached hydrogens (tertiary/aromatic N) is 8. The van der Waals surface area contributed by atoms with E-state index in [9.17, 15) is 4.79 Å². The van der Waals surface area contributed by atoms with Gasteiger partial charge in [0.2, 0.25) is 0 Å². The van der Waals surface area contributed by atoms with E-state index in [0.717, 1.165) is 54.5 Å². The summed E-state index contributed by atoms with van der Waals surface area (Å²) in [6.45, 7) is 1.68. The fourth-order valence-electron chi connectivity index (χ4n) is 3.75. The molecule has 1 saturated heterocycles. The van der Waals surface area contributed by atoms with Gasteiger partial charge in [-0.1, -0.05) is 0 Å². The summed E-state index contributed by atoms with van der Waals surface area (Å²) < 4.78 is 3.23. The molecule has 1 aliphatic rings. The number of hydrogen-bond acceptors (Lipinski definition) is 7. The molecule has 1 aliphatic heterocycles. The van der Waals surface area contributed by atoms with Crippen molar-refractivity contribution in [3.05, 3.63) is 65.0 Å². The van der Waals surface area contributed by atoms with E-state index < -0.39 is 0 Å². The van der Waals surface area contributed by atoms with Crippen LogP contribution >= 0.6 is 0 Å². The predicted molar refractivity (Wildman–Crippen MR) is 108 cm³/mol. The number of fused-ring (bicyclic) bond motifs is 1. The molecule has 0 bridgehead atoms. The minimum atomic E-state index is -0.103. The summed E-state index contributed by atoms with van der Waals surface area (Å²) in [6, 6.07) is 11.1. The van der Waals surface area contributed by atoms with Gasteiger partial charge in [0, 0.05) is 50.1 Å². The first kappa shape index (κ1) is 17.5. The molecule has 146 valence electrons. The van der Waals surface area contributed by atoms with Crippen LogP contribution < -0.4 is 10.5 Å². The lowest BCUT2D eigenvalue weighted by Crippen LogP contribution is -2.35. The molecular formula is C20H20N8O. The number of aryl methyl sites for hydroxylation is 1. The molecule has 0 unspecified atom stereocenters. The average molecular weight is 388 g/mol. The maximum Gasteiger partial charge on any atom is 0.266 e. The van der Waals surface area contributed by atoms with Crippen LogP contribution in [0.3, 0.4) is 0 Å². The van der Waals surface area contributed by atoms with Crippen molar-refractivity contribution < 1.29 is 0 Å². The van der Waals surface area contributed by atoms with Crippen molar-refractivity contribution >= 4 is 11.5 Å². The lowest BCUT2D eigenvalue weighted by atomic mass is 9.96. The first-order chi connectivity index (χ1) is 14.2. The number of hydrogen-bond donors (Lipinski definition) is 0. The maximum absolute atomic E-state index is 11.6. The zero-order chi connectivity index (χ0) is 19.8. The van der Waals surface area contributed by atoms with Gasteiger partial charge in [-0.2, -0.15) is 14.7 Å². The van der Waals surface area contributed by atoms with E-state index >= 15 is 0 Å². The van der Waals surface area contributed by atoms with Crippen LogP contribution in [0.1, 0.15) is 24.6 Å². The molecule has 0 N–H and O–H groups in total. The fraction of sp³-hybridized carbons (Fsp3) is 0.300. The molecule has 5 heterocycles. The molecule has 29 heavy (non-hydrogen) atoms. The number of piperidine rings is 1. The zero-order valence-corrected chi connectivity index (χ0v) is 16.0. The Morgan fingerprint density at radius 1 is 1.00 bits per heavy atom. The summed E-state index contributed by atoms with van der Waals surface area (Å²) >= 11 is 0. The highest BCUT2D eigenvalue weighted by atomic mass is 16.1. The quantitative estimate of drug-likeness (QED) is 0.527. The minimum Gasteiger partial charge on any atom is -0.355 e. The SMILES string of the molecule is Cn1nc(N2CCC(c3nnc4ccc(-c5cccnc5)nn34)CC2)ccc1=O. The minimum absolute atomic E-state index is 0.103. The van der Waals surface area contributed by atoms with E-state index in [0.29, 0.717) is 0 Å². The van der Waals surface area contributed by atoms with E-state index in [4.69, 9.17) is 5.10 Å². The molecule has 0 aromatic carbocycles. The van der Waals surface area contributed by atoms with Crippen molar-refractivity contribution in [1.29, 1.82) is 0 Å². The Morgan fingerprint density at radius 3 is 2.62 bits per heavy atom. The van der Waals surface area contributed by atoms with Crippen LogP contribution in [0.15, 0.2) is 53.6 Å². The van der Waals surface area contributed by atoms with Gasteiger partial charge < -0.3 is 4.90 Å². The normalized spacial score (nSPS) is 15.1. The van der Waals surface area contributed by atoms with E-state index in [-0.39, 0.29) is 11.5 Å². The summed E-state index contributed by atoms with van der Waals surface area (Å²) in [5.41, 5.74) is 2.45. The Bertz CT molecular complexity index is 1210. The molecule has 5 rings (SSSR count). The van der Waals surface area contributed by atoms with Crippen molar-refractivity contribution in [2.24, 2.45) is 7.05 Å². The summed E-state index contributed by atoms with van der Waals surface area (Å²) in [7, 11) is 1.67. The van der Waals surface area contributed by atoms with E-state index in [2.05, 4.69) is 25.2 Å². The molecule has 4 aromatic heterocycles. The Hall–Kier alpha value is -3.62. The monoisotopic (exact) mass is 388 g/mol. The lowest BCUT2D eigenvalue weighted by Gasteiger charge is -2.31. The predicted octanol–water partition coefficient (Wildman–Crippen LogP) is 1.66. The molecule has 0 atom stereocenters. The molecule has 1 fully saturated rings. The lowest BCUT2D eigenvalue weighted by molar-refractivity contribution is 0.472. The van der Waals surface area contributed by atoms with Crippen molar-refractivity contribution in [2.75, 3.05) is 18.0 Å². The topological polar surface area (TPSA) is 94.1 Å². The molecule has 0 aliphatic carbocycles. The van der Waals surface area contributed by atoms with Crippen LogP contribution in [0.4, 0.5) is 5.82 Å². The van der Waals surface area contributed by atoms with Gasteiger partial charge in [0.05, 0.1) is 5.69 Å². The third-order valence-electron chi connectivity index (χ3n) is 5.37. The largest absolute Gasteiger partial charge is 0.355 e. The third kappa shape index (κ3) is 3.24. The number of rotatable bonds is 3. The number of anilines is 1. The molecular weight excluding hydrogens is 368 g/mol. The first-order valence-corrected chi connectivity index (χ1v) is 9.61. The van der Waals surface area contributed by atoms with Crippen LogP contribution in [0, 0.1) is 0 Å². The smallest absolute Gasteiger partial charge is 0.266 e. The second-order valence-corrected chi connectivity index (χ2v) is 7.20. The third-order valence-corrected chi connectivity index (χ3v) is 5.37. The number of pyridine rings is 1. The molecule has 0 saturated carbocycles. The van der Waals surface area contributed by atoms with Gasteiger partial charge in [-0.05, 0) is 43.2 Å². The van der Waals surface area contributed by atoms with E-state index in [1.54, 1.807) is 31.6 Å². The highest BCUT2D eigenvalue weighted by Crippen LogP contribution is 2.29. The van der Waals surface area contributed by atoms with Crippen LogP contribution in [0.5, 0.6) is 0 Å². The Morgan fingerprint density at radius 2 is 1.86 bits per heavy atom. The first-order valence-electron chi connectivity index (χ1n) is 9.61. The van der Waals surface area contributed by atoms with Gasteiger partial charge in [0.1, 0.15) is 5.82 Å². The van der Waals surface area contributed by atoms with Crippen molar-refractivity contribution in [1.82, 2.24) is 34.6 Å². The fourth-order valence-corrected chi connectivity index (χ4v) is 3.75. The highest BCUT2D eigenvalue weighted by molar-refractivity contribution is 5.58. The summed E-state index contributed by atoms with van der Waals surface area (Å²) in [4.78, 5) is 17.9. The molecule has 0 amide bonds. The molecule has 0 radical (unpaired) electrons. The van der Waals surface area contributed by atoms with Gasteiger partial charge in [-0.25, -0.2) is 4.68 Å². The van der Waals surface area contributed by atoms with E-state index in [1.165, 1.54) is 4.68 Å². The zero-order valence-electron chi connectivity index (χ0n) is 16.0. The van der Waals surface area contributed by atoms with Crippen LogP contribution in [0.2, 0.25) is 0 Å². The summed E-state index contributed by atoms with van der Waals surface area (Å²) in [5.74, 6) is 1.98. The second kappa shape index (κ2) is 7.08. The second-order valence-electron chi connectivity index (χ2n) is 7.20. The molecule has 9 nitrogen and oxygen atoms in total. The summed E-state index contributed by atoms with van der Waals surface area (Å²) in [5, 5.41) is 17.9. The number of aromatic nitrogens is 7. The Labute approximate surface area is 166 Å². The van der Waals surface area contributed by atoms with Crippen molar-refractivity contribution in [3.8, 4) is 11.3 Å².